The van der Waals surface area contributed by atoms with Gasteiger partial charge < -0.3 is 11.2 Å². The van der Waals surface area contributed by atoms with Crippen LogP contribution in [0.4, 0.5) is 10.1 Å². The minimum atomic E-state index is -0.362. The Labute approximate surface area is 158 Å². The van der Waals surface area contributed by atoms with E-state index in [0.717, 1.165) is 11.8 Å². The topological polar surface area (TPSA) is 103 Å². The van der Waals surface area contributed by atoms with Crippen molar-refractivity contribution in [1.82, 2.24) is 14.9 Å². The number of para-hydroxylation sites is 1. The van der Waals surface area contributed by atoms with Crippen LogP contribution in [-0.4, -0.2) is 32.3 Å². The van der Waals surface area contributed by atoms with Gasteiger partial charge in [0.05, 0.1) is 11.4 Å². The maximum Gasteiger partial charge on any atom is 0.234 e. The second-order valence-corrected chi connectivity index (χ2v) is 6.56. The van der Waals surface area contributed by atoms with Crippen LogP contribution in [0.3, 0.4) is 0 Å². The molecule has 27 heavy (non-hydrogen) atoms. The predicted molar refractivity (Wildman–Crippen MR) is 101 cm³/mol. The van der Waals surface area contributed by atoms with E-state index in [1.165, 1.54) is 23.7 Å². The maximum atomic E-state index is 13.0. The smallest absolute Gasteiger partial charge is 0.234 e. The third-order valence-electron chi connectivity index (χ3n) is 3.68. The molecule has 7 nitrogen and oxygen atoms in total. The summed E-state index contributed by atoms with van der Waals surface area (Å²) in [4.78, 5) is 23.8. The lowest BCUT2D eigenvalue weighted by Crippen LogP contribution is -2.17. The lowest BCUT2D eigenvalue weighted by atomic mass is 10.1. The van der Waals surface area contributed by atoms with Crippen molar-refractivity contribution in [2.45, 2.75) is 12.1 Å². The number of hydrogen-bond acceptors (Lipinski definition) is 6. The van der Waals surface area contributed by atoms with Crippen molar-refractivity contribution in [1.29, 1.82) is 0 Å². The zero-order valence-electron chi connectivity index (χ0n) is 14.3. The summed E-state index contributed by atoms with van der Waals surface area (Å²) in [6.07, 6.45) is 0. The monoisotopic (exact) mass is 385 g/mol. The molecule has 0 aliphatic rings. The number of aromatic nitrogens is 3. The summed E-state index contributed by atoms with van der Waals surface area (Å²) in [7, 11) is 0. The number of nitrogens with zero attached hydrogens (tertiary/aromatic N) is 3. The molecule has 2 aromatic carbocycles. The Hall–Kier alpha value is -3.20. The largest absolute Gasteiger partial charge is 0.335 e. The van der Waals surface area contributed by atoms with Gasteiger partial charge in [-0.1, -0.05) is 23.9 Å². The lowest BCUT2D eigenvalue weighted by Gasteiger charge is -2.08. The second-order valence-electron chi connectivity index (χ2n) is 5.62. The highest BCUT2D eigenvalue weighted by molar-refractivity contribution is 7.99. The number of hydrogen-bond donors (Lipinski definition) is 2. The van der Waals surface area contributed by atoms with E-state index in [1.807, 2.05) is 0 Å². The Morgan fingerprint density at radius 3 is 2.56 bits per heavy atom. The van der Waals surface area contributed by atoms with Gasteiger partial charge in [-0.2, -0.15) is 0 Å². The number of ketones is 1. The number of carbonyl (C=O) groups excluding carboxylic acids is 2. The molecule has 1 amide bonds. The van der Waals surface area contributed by atoms with E-state index in [1.54, 1.807) is 36.4 Å². The molecule has 0 spiro atoms. The van der Waals surface area contributed by atoms with Crippen LogP contribution in [0.25, 0.3) is 11.4 Å². The Kier molecular flexibility index (Phi) is 5.51. The number of nitrogens with two attached hydrogens (primary N) is 1. The van der Waals surface area contributed by atoms with Crippen LogP contribution in [0.15, 0.2) is 53.7 Å². The first-order chi connectivity index (χ1) is 13.0. The Bertz CT molecular complexity index is 988. The lowest BCUT2D eigenvalue weighted by molar-refractivity contribution is -0.113. The molecule has 0 unspecified atom stereocenters. The number of halogens is 1. The normalized spacial score (nSPS) is 10.6. The van der Waals surface area contributed by atoms with Gasteiger partial charge in [0.1, 0.15) is 5.82 Å². The van der Waals surface area contributed by atoms with Gasteiger partial charge in [0.2, 0.25) is 11.1 Å². The number of amides is 1. The van der Waals surface area contributed by atoms with Crippen molar-refractivity contribution in [3.05, 3.63) is 59.9 Å². The first kappa shape index (κ1) is 18.6. The standard InChI is InChI=1S/C18H16FN5O2S/c1-11(25)14-4-2-3-5-15(14)21-16(26)10-27-18-23-22-17(24(18)20)12-6-8-13(19)9-7-12/h2-9H,10,20H2,1H3,(H,21,26). The van der Waals surface area contributed by atoms with Gasteiger partial charge in [0.15, 0.2) is 11.6 Å². The summed E-state index contributed by atoms with van der Waals surface area (Å²) in [6.45, 7) is 1.44. The van der Waals surface area contributed by atoms with Crippen LogP contribution >= 0.6 is 11.8 Å². The molecule has 0 saturated heterocycles. The molecule has 9 heteroatoms. The number of thioether (sulfide) groups is 1. The van der Waals surface area contributed by atoms with Crippen LogP contribution in [0, 0.1) is 5.82 Å². The van der Waals surface area contributed by atoms with Crippen LogP contribution in [0.2, 0.25) is 0 Å². The molecule has 0 aliphatic heterocycles. The van der Waals surface area contributed by atoms with Crippen LogP contribution < -0.4 is 11.2 Å². The number of carbonyl (C=O) groups is 2. The SMILES string of the molecule is CC(=O)c1ccccc1NC(=O)CSc1nnc(-c2ccc(F)cc2)n1N. The average molecular weight is 385 g/mol. The third kappa shape index (κ3) is 4.32. The summed E-state index contributed by atoms with van der Waals surface area (Å²) in [6, 6.07) is 12.5. The van der Waals surface area contributed by atoms with Crippen LogP contribution in [0.1, 0.15) is 17.3 Å². The summed E-state index contributed by atoms with van der Waals surface area (Å²) in [5.74, 6) is 5.57. The molecule has 0 bridgehead atoms. The fraction of sp³-hybridized carbons (Fsp3) is 0.111. The average Bonchev–Trinajstić information content (AvgIpc) is 3.01. The second kappa shape index (κ2) is 8.00. The first-order valence-corrected chi connectivity index (χ1v) is 8.93. The summed E-state index contributed by atoms with van der Waals surface area (Å²) >= 11 is 1.10. The zero-order valence-corrected chi connectivity index (χ0v) is 15.2. The Morgan fingerprint density at radius 2 is 1.85 bits per heavy atom. The maximum absolute atomic E-state index is 13.0. The number of benzene rings is 2. The molecule has 0 atom stereocenters. The van der Waals surface area contributed by atoms with E-state index in [4.69, 9.17) is 5.84 Å². The van der Waals surface area contributed by atoms with Crippen molar-refractivity contribution in [3.8, 4) is 11.4 Å². The molecular formula is C18H16FN5O2S. The summed E-state index contributed by atoms with van der Waals surface area (Å²) in [5, 5.41) is 11.0. The molecule has 3 rings (SSSR count). The van der Waals surface area contributed by atoms with Gasteiger partial charge in [0, 0.05) is 11.1 Å². The number of nitrogens with one attached hydrogen (secondary N) is 1. The molecule has 1 heterocycles. The van der Waals surface area contributed by atoms with E-state index in [9.17, 15) is 14.0 Å². The minimum absolute atomic E-state index is 0.0327. The molecule has 3 aromatic rings. The summed E-state index contributed by atoms with van der Waals surface area (Å²) in [5.41, 5.74) is 1.51. The molecule has 1 aromatic heterocycles. The van der Waals surface area contributed by atoms with E-state index in [-0.39, 0.29) is 23.3 Å². The quantitative estimate of drug-likeness (QED) is 0.384. The van der Waals surface area contributed by atoms with Crippen LogP contribution in [-0.2, 0) is 4.79 Å². The molecular weight excluding hydrogens is 369 g/mol. The van der Waals surface area contributed by atoms with E-state index < -0.39 is 0 Å². The van der Waals surface area contributed by atoms with E-state index in [0.29, 0.717) is 27.8 Å². The van der Waals surface area contributed by atoms with Crippen molar-refractivity contribution in [2.24, 2.45) is 0 Å². The number of rotatable bonds is 6. The van der Waals surface area contributed by atoms with Crippen LogP contribution in [0.5, 0.6) is 0 Å². The molecule has 3 N–H and O–H groups in total. The Morgan fingerprint density at radius 1 is 1.15 bits per heavy atom. The third-order valence-corrected chi connectivity index (χ3v) is 4.62. The van der Waals surface area contributed by atoms with Gasteiger partial charge in [0.25, 0.3) is 0 Å². The fourth-order valence-corrected chi connectivity index (χ4v) is 3.04. The van der Waals surface area contributed by atoms with Crippen molar-refractivity contribution >= 4 is 29.1 Å². The Balaban J connectivity index is 1.66. The highest BCUT2D eigenvalue weighted by Crippen LogP contribution is 2.22. The molecule has 0 saturated carbocycles. The van der Waals surface area contributed by atoms with Gasteiger partial charge in [-0.05, 0) is 43.3 Å². The first-order valence-electron chi connectivity index (χ1n) is 7.94. The zero-order chi connectivity index (χ0) is 19.4. The van der Waals surface area contributed by atoms with Gasteiger partial charge in [-0.15, -0.1) is 10.2 Å². The van der Waals surface area contributed by atoms with Gasteiger partial charge in [-0.25, -0.2) is 9.07 Å². The summed E-state index contributed by atoms with van der Waals surface area (Å²) < 4.78 is 14.3. The molecule has 138 valence electrons. The van der Waals surface area contributed by atoms with Gasteiger partial charge in [-0.3, -0.25) is 9.59 Å². The molecule has 0 fully saturated rings. The van der Waals surface area contributed by atoms with E-state index in [2.05, 4.69) is 15.5 Å². The predicted octanol–water partition coefficient (Wildman–Crippen LogP) is 2.73. The number of anilines is 1. The highest BCUT2D eigenvalue weighted by Gasteiger charge is 2.15. The van der Waals surface area contributed by atoms with Gasteiger partial charge >= 0.3 is 0 Å². The minimum Gasteiger partial charge on any atom is -0.335 e. The fourth-order valence-electron chi connectivity index (χ4n) is 2.39. The molecule has 0 radical (unpaired) electrons. The highest BCUT2D eigenvalue weighted by atomic mass is 32.2. The van der Waals surface area contributed by atoms with Crippen molar-refractivity contribution in [2.75, 3.05) is 16.9 Å². The molecule has 0 aliphatic carbocycles. The number of Topliss-reactive ketones (excluding diaryl/α,β-unsaturated/α-hetero) is 1. The van der Waals surface area contributed by atoms with Crippen molar-refractivity contribution in [3.63, 3.8) is 0 Å². The van der Waals surface area contributed by atoms with Crippen molar-refractivity contribution < 1.29 is 14.0 Å². The number of nitrogen functional groups attached to an aromatic ring is 1. The van der Waals surface area contributed by atoms with E-state index >= 15 is 0 Å².